The van der Waals surface area contributed by atoms with Gasteiger partial charge in [-0.05, 0) is 12.0 Å². The molecule has 0 spiro atoms. The first-order valence-corrected chi connectivity index (χ1v) is 7.44. The van der Waals surface area contributed by atoms with E-state index in [1.807, 2.05) is 37.3 Å². The molecule has 112 valence electrons. The number of aliphatic hydroxyl groups is 1. The number of carbonyl (C=O) groups excluding carboxylic acids is 2. The second kappa shape index (κ2) is 6.57. The Morgan fingerprint density at radius 3 is 2.48 bits per heavy atom. The van der Waals surface area contributed by atoms with Gasteiger partial charge in [-0.2, -0.15) is 0 Å². The van der Waals surface area contributed by atoms with E-state index in [0.717, 1.165) is 18.4 Å². The fraction of sp³-hybridized carbons (Fsp3) is 0.412. The van der Waals surface area contributed by atoms with Crippen LogP contribution in [-0.4, -0.2) is 28.2 Å². The lowest BCUT2D eigenvalue weighted by molar-refractivity contribution is -0.129. The second-order valence-electron chi connectivity index (χ2n) is 5.20. The van der Waals surface area contributed by atoms with Crippen molar-refractivity contribution in [3.63, 3.8) is 0 Å². The fourth-order valence-corrected chi connectivity index (χ4v) is 2.67. The maximum Gasteiger partial charge on any atom is 0.290 e. The van der Waals surface area contributed by atoms with Crippen LogP contribution in [-0.2, 0) is 9.59 Å². The Bertz CT molecular complexity index is 563. The largest absolute Gasteiger partial charge is 0.503 e. The van der Waals surface area contributed by atoms with Crippen LogP contribution in [0.1, 0.15) is 44.7 Å². The average molecular weight is 287 g/mol. The number of ketones is 1. The number of nitrogens with zero attached hydrogens (tertiary/aromatic N) is 1. The Morgan fingerprint density at radius 2 is 1.90 bits per heavy atom. The van der Waals surface area contributed by atoms with Gasteiger partial charge in [0, 0.05) is 13.0 Å². The maximum absolute atomic E-state index is 12.3. The minimum absolute atomic E-state index is 0.172. The minimum Gasteiger partial charge on any atom is -0.503 e. The average Bonchev–Trinajstić information content (AvgIpc) is 2.77. The van der Waals surface area contributed by atoms with Gasteiger partial charge in [-0.3, -0.25) is 9.59 Å². The third-order valence-electron chi connectivity index (χ3n) is 3.79. The Labute approximate surface area is 125 Å². The van der Waals surface area contributed by atoms with E-state index in [4.69, 9.17) is 0 Å². The lowest BCUT2D eigenvalue weighted by atomic mass is 9.95. The number of carbonyl (C=O) groups is 2. The van der Waals surface area contributed by atoms with Gasteiger partial charge in [0.05, 0.1) is 11.6 Å². The van der Waals surface area contributed by atoms with Crippen molar-refractivity contribution in [3.8, 4) is 0 Å². The van der Waals surface area contributed by atoms with E-state index in [1.54, 1.807) is 11.8 Å². The predicted octanol–water partition coefficient (Wildman–Crippen LogP) is 3.16. The van der Waals surface area contributed by atoms with Crippen LogP contribution in [0.4, 0.5) is 0 Å². The molecule has 1 unspecified atom stereocenters. The highest BCUT2D eigenvalue weighted by Gasteiger charge is 2.42. The van der Waals surface area contributed by atoms with Crippen LogP contribution in [0.15, 0.2) is 41.7 Å². The molecule has 4 nitrogen and oxygen atoms in total. The standard InChI is InChI=1S/C17H21NO3/c1-3-5-11-18-15(12-9-7-6-8-10-12)14(13(19)4-2)16(20)17(18)21/h6-10,15,20H,3-5,11H2,1-2H3. The SMILES string of the molecule is CCCCN1C(=O)C(O)=C(C(=O)CC)C1c1ccccc1. The fourth-order valence-electron chi connectivity index (χ4n) is 2.67. The monoisotopic (exact) mass is 287 g/mol. The summed E-state index contributed by atoms with van der Waals surface area (Å²) in [5.41, 5.74) is 1.10. The molecule has 0 saturated heterocycles. The number of hydrogen-bond donors (Lipinski definition) is 1. The lowest BCUT2D eigenvalue weighted by Crippen LogP contribution is -2.32. The zero-order valence-electron chi connectivity index (χ0n) is 12.5. The van der Waals surface area contributed by atoms with Crippen molar-refractivity contribution in [3.05, 3.63) is 47.2 Å². The highest BCUT2D eigenvalue weighted by atomic mass is 16.3. The van der Waals surface area contributed by atoms with Crippen molar-refractivity contribution in [2.24, 2.45) is 0 Å². The van der Waals surface area contributed by atoms with Crippen LogP contribution in [0.2, 0.25) is 0 Å². The van der Waals surface area contributed by atoms with Crippen LogP contribution in [0.3, 0.4) is 0 Å². The number of unbranched alkanes of at least 4 members (excludes halogenated alkanes) is 1. The van der Waals surface area contributed by atoms with Crippen molar-refractivity contribution in [2.45, 2.75) is 39.2 Å². The van der Waals surface area contributed by atoms with E-state index in [0.29, 0.717) is 6.54 Å². The van der Waals surface area contributed by atoms with Gasteiger partial charge in [0.25, 0.3) is 5.91 Å². The van der Waals surface area contributed by atoms with E-state index in [2.05, 4.69) is 0 Å². The first-order valence-electron chi connectivity index (χ1n) is 7.44. The summed E-state index contributed by atoms with van der Waals surface area (Å²) in [7, 11) is 0. The molecule has 1 aliphatic heterocycles. The third kappa shape index (κ3) is 2.84. The summed E-state index contributed by atoms with van der Waals surface area (Å²) < 4.78 is 0. The Hall–Kier alpha value is -2.10. The van der Waals surface area contributed by atoms with Crippen molar-refractivity contribution in [2.75, 3.05) is 6.54 Å². The summed E-state index contributed by atoms with van der Waals surface area (Å²) in [5, 5.41) is 10.1. The normalized spacial score (nSPS) is 18.5. The first kappa shape index (κ1) is 15.3. The van der Waals surface area contributed by atoms with Gasteiger partial charge in [-0.25, -0.2) is 0 Å². The quantitative estimate of drug-likeness (QED) is 0.874. The molecule has 0 fully saturated rings. The van der Waals surface area contributed by atoms with E-state index in [-0.39, 0.29) is 23.5 Å². The lowest BCUT2D eigenvalue weighted by Gasteiger charge is -2.26. The molecule has 1 aromatic carbocycles. The molecule has 21 heavy (non-hydrogen) atoms. The molecular weight excluding hydrogens is 266 g/mol. The van der Waals surface area contributed by atoms with Crippen molar-refractivity contribution < 1.29 is 14.7 Å². The van der Waals surface area contributed by atoms with Gasteiger partial charge in [-0.1, -0.05) is 50.6 Å². The summed E-state index contributed by atoms with van der Waals surface area (Å²) in [6.45, 7) is 4.33. The van der Waals surface area contributed by atoms with E-state index in [1.165, 1.54) is 0 Å². The Balaban J connectivity index is 2.45. The highest BCUT2D eigenvalue weighted by molar-refractivity contribution is 6.08. The zero-order valence-corrected chi connectivity index (χ0v) is 12.5. The number of rotatable bonds is 6. The van der Waals surface area contributed by atoms with E-state index < -0.39 is 11.9 Å². The molecule has 0 saturated carbocycles. The van der Waals surface area contributed by atoms with Crippen molar-refractivity contribution in [1.29, 1.82) is 0 Å². The number of benzene rings is 1. The van der Waals surface area contributed by atoms with Crippen LogP contribution < -0.4 is 0 Å². The molecule has 1 atom stereocenters. The Kier molecular flexibility index (Phi) is 4.78. The smallest absolute Gasteiger partial charge is 0.290 e. The molecule has 2 rings (SSSR count). The molecule has 1 aromatic rings. The predicted molar refractivity (Wildman–Crippen MR) is 80.8 cm³/mol. The van der Waals surface area contributed by atoms with Crippen LogP contribution >= 0.6 is 0 Å². The van der Waals surface area contributed by atoms with Gasteiger partial charge in [-0.15, -0.1) is 0 Å². The van der Waals surface area contributed by atoms with Gasteiger partial charge < -0.3 is 10.0 Å². The van der Waals surface area contributed by atoms with E-state index in [9.17, 15) is 14.7 Å². The van der Waals surface area contributed by atoms with Gasteiger partial charge in [0.1, 0.15) is 0 Å². The van der Waals surface area contributed by atoms with Crippen LogP contribution in [0.5, 0.6) is 0 Å². The maximum atomic E-state index is 12.3. The highest BCUT2D eigenvalue weighted by Crippen LogP contribution is 2.38. The summed E-state index contributed by atoms with van der Waals surface area (Å²) >= 11 is 0. The van der Waals surface area contributed by atoms with E-state index >= 15 is 0 Å². The topological polar surface area (TPSA) is 57.6 Å². The Morgan fingerprint density at radius 1 is 1.24 bits per heavy atom. The molecule has 0 radical (unpaired) electrons. The first-order chi connectivity index (χ1) is 10.1. The molecule has 0 bridgehead atoms. The number of aliphatic hydroxyl groups excluding tert-OH is 1. The summed E-state index contributed by atoms with van der Waals surface area (Å²) in [5.74, 6) is -0.991. The molecule has 1 aliphatic rings. The van der Waals surface area contributed by atoms with Crippen molar-refractivity contribution >= 4 is 11.7 Å². The number of hydrogen-bond acceptors (Lipinski definition) is 3. The molecule has 4 heteroatoms. The number of amides is 1. The molecular formula is C17H21NO3. The molecule has 1 amide bonds. The third-order valence-corrected chi connectivity index (χ3v) is 3.79. The minimum atomic E-state index is -0.460. The molecule has 1 N–H and O–H groups in total. The van der Waals surface area contributed by atoms with Gasteiger partial charge in [0.15, 0.2) is 11.5 Å². The summed E-state index contributed by atoms with van der Waals surface area (Å²) in [4.78, 5) is 26.1. The van der Waals surface area contributed by atoms with Gasteiger partial charge in [0.2, 0.25) is 0 Å². The number of Topliss-reactive ketones (excluding diaryl/α,β-unsaturated/α-hetero) is 1. The van der Waals surface area contributed by atoms with Crippen LogP contribution in [0, 0.1) is 0 Å². The zero-order chi connectivity index (χ0) is 15.4. The molecule has 1 heterocycles. The summed E-state index contributed by atoms with van der Waals surface area (Å²) in [6, 6.07) is 8.96. The molecule has 0 aliphatic carbocycles. The van der Waals surface area contributed by atoms with Gasteiger partial charge >= 0.3 is 0 Å². The van der Waals surface area contributed by atoms with Crippen molar-refractivity contribution in [1.82, 2.24) is 4.90 Å². The second-order valence-corrected chi connectivity index (χ2v) is 5.20. The van der Waals surface area contributed by atoms with Crippen LogP contribution in [0.25, 0.3) is 0 Å². The molecule has 0 aromatic heterocycles. The summed E-state index contributed by atoms with van der Waals surface area (Å²) in [6.07, 6.45) is 2.07.